The Hall–Kier alpha value is -5.80. The van der Waals surface area contributed by atoms with Gasteiger partial charge in [-0.3, -0.25) is 0 Å². The van der Waals surface area contributed by atoms with E-state index in [2.05, 4.69) is 188 Å². The van der Waals surface area contributed by atoms with Crippen molar-refractivity contribution in [3.8, 4) is 11.1 Å². The molecular formula is C51H45NO2. The number of hydrogen-bond acceptors (Lipinski definition) is 3. The molecule has 0 radical (unpaired) electrons. The van der Waals surface area contributed by atoms with E-state index >= 15 is 0 Å². The van der Waals surface area contributed by atoms with Crippen molar-refractivity contribution in [2.24, 2.45) is 0 Å². The molecule has 2 aromatic heterocycles. The third-order valence-corrected chi connectivity index (χ3v) is 11.9. The first-order valence-electron chi connectivity index (χ1n) is 19.2. The van der Waals surface area contributed by atoms with E-state index in [4.69, 9.17) is 8.83 Å². The van der Waals surface area contributed by atoms with Crippen LogP contribution in [0.4, 0.5) is 17.1 Å². The number of furan rings is 2. The third-order valence-electron chi connectivity index (χ3n) is 11.9. The molecule has 0 bridgehead atoms. The molecule has 0 unspecified atom stereocenters. The van der Waals surface area contributed by atoms with Gasteiger partial charge in [0.2, 0.25) is 0 Å². The van der Waals surface area contributed by atoms with E-state index in [1.165, 1.54) is 38.8 Å². The van der Waals surface area contributed by atoms with Crippen molar-refractivity contribution in [3.63, 3.8) is 0 Å². The number of benzene rings is 7. The van der Waals surface area contributed by atoms with Crippen molar-refractivity contribution < 1.29 is 8.83 Å². The molecule has 0 amide bonds. The highest BCUT2D eigenvalue weighted by Crippen LogP contribution is 2.56. The zero-order valence-corrected chi connectivity index (χ0v) is 32.4. The molecule has 0 saturated heterocycles. The largest absolute Gasteiger partial charge is 0.456 e. The van der Waals surface area contributed by atoms with Gasteiger partial charge in [-0.15, -0.1) is 0 Å². The van der Waals surface area contributed by atoms with Crippen LogP contribution in [0.5, 0.6) is 0 Å². The lowest BCUT2D eigenvalue weighted by Crippen LogP contribution is -2.21. The lowest BCUT2D eigenvalue weighted by Gasteiger charge is -2.33. The summed E-state index contributed by atoms with van der Waals surface area (Å²) in [6.45, 7) is 18.5. The maximum atomic E-state index is 6.97. The molecule has 9 aromatic rings. The minimum Gasteiger partial charge on any atom is -0.456 e. The summed E-state index contributed by atoms with van der Waals surface area (Å²) in [4.78, 5) is 2.51. The van der Waals surface area contributed by atoms with Gasteiger partial charge in [0.15, 0.2) is 0 Å². The average Bonchev–Trinajstić information content (AvgIpc) is 3.80. The highest BCUT2D eigenvalue weighted by Gasteiger charge is 2.39. The molecule has 1 aliphatic rings. The summed E-state index contributed by atoms with van der Waals surface area (Å²) in [5.74, 6) is 0. The van der Waals surface area contributed by atoms with Gasteiger partial charge in [0.05, 0.1) is 27.8 Å². The zero-order chi connectivity index (χ0) is 37.3. The molecule has 10 rings (SSSR count). The van der Waals surface area contributed by atoms with Gasteiger partial charge in [-0.25, -0.2) is 0 Å². The van der Waals surface area contributed by atoms with Gasteiger partial charge < -0.3 is 13.7 Å². The van der Waals surface area contributed by atoms with Crippen LogP contribution in [0.2, 0.25) is 0 Å². The number of fused-ring (bicyclic) bond motifs is 11. The van der Waals surface area contributed by atoms with E-state index in [1.54, 1.807) is 0 Å². The first-order valence-corrected chi connectivity index (χ1v) is 19.2. The van der Waals surface area contributed by atoms with E-state index in [1.807, 2.05) is 0 Å². The third kappa shape index (κ3) is 4.60. The fraction of sp³-hybridized carbons (Fsp3) is 0.216. The minimum atomic E-state index is -0.242. The Labute approximate surface area is 316 Å². The molecule has 54 heavy (non-hydrogen) atoms. The molecule has 0 fully saturated rings. The Morgan fingerprint density at radius 2 is 1.11 bits per heavy atom. The Bertz CT molecular complexity index is 2990. The van der Waals surface area contributed by atoms with Gasteiger partial charge in [0.25, 0.3) is 0 Å². The molecule has 266 valence electrons. The van der Waals surface area contributed by atoms with Crippen molar-refractivity contribution in [2.45, 2.75) is 71.6 Å². The van der Waals surface area contributed by atoms with Crippen LogP contribution in [-0.2, 0) is 16.2 Å². The summed E-state index contributed by atoms with van der Waals surface area (Å²) in [6.07, 6.45) is 0. The second-order valence-electron chi connectivity index (χ2n) is 17.8. The van der Waals surface area contributed by atoms with Gasteiger partial charge in [-0.2, -0.15) is 0 Å². The molecule has 3 nitrogen and oxygen atoms in total. The molecule has 0 aliphatic heterocycles. The fourth-order valence-corrected chi connectivity index (χ4v) is 9.20. The van der Waals surface area contributed by atoms with E-state index in [0.717, 1.165) is 66.3 Å². The molecule has 7 aromatic carbocycles. The van der Waals surface area contributed by atoms with Gasteiger partial charge in [-0.1, -0.05) is 140 Å². The van der Waals surface area contributed by atoms with Crippen LogP contribution in [0, 0.1) is 0 Å². The number of rotatable bonds is 3. The van der Waals surface area contributed by atoms with Crippen molar-refractivity contribution in [3.05, 3.63) is 150 Å². The lowest BCUT2D eigenvalue weighted by molar-refractivity contribution is 0.559. The SMILES string of the molecule is CC(C)(C)c1cc(C(C)(C)C)c2oc3cccc(N(c4cccc5c4C(C)(C)c4ccccc4-5)c4cccc5oc6c7ccccc7ccc6c45)c3c2c1. The van der Waals surface area contributed by atoms with Crippen LogP contribution < -0.4 is 4.90 Å². The van der Waals surface area contributed by atoms with Gasteiger partial charge >= 0.3 is 0 Å². The van der Waals surface area contributed by atoms with Crippen LogP contribution in [0.25, 0.3) is 65.8 Å². The topological polar surface area (TPSA) is 29.5 Å². The monoisotopic (exact) mass is 703 g/mol. The smallest absolute Gasteiger partial charge is 0.143 e. The average molecular weight is 704 g/mol. The molecular weight excluding hydrogens is 659 g/mol. The Morgan fingerprint density at radius 3 is 1.83 bits per heavy atom. The van der Waals surface area contributed by atoms with Crippen LogP contribution in [-0.4, -0.2) is 0 Å². The molecule has 2 heterocycles. The predicted molar refractivity (Wildman–Crippen MR) is 228 cm³/mol. The molecule has 0 atom stereocenters. The molecule has 0 N–H and O–H groups in total. The molecule has 3 heteroatoms. The van der Waals surface area contributed by atoms with Gasteiger partial charge in [0, 0.05) is 27.1 Å². The van der Waals surface area contributed by atoms with E-state index in [9.17, 15) is 0 Å². The summed E-state index contributed by atoms with van der Waals surface area (Å²) < 4.78 is 13.8. The van der Waals surface area contributed by atoms with Crippen LogP contribution in [0.1, 0.15) is 77.6 Å². The molecule has 0 saturated carbocycles. The first kappa shape index (κ1) is 32.8. The van der Waals surface area contributed by atoms with E-state index < -0.39 is 0 Å². The van der Waals surface area contributed by atoms with Crippen LogP contribution >= 0.6 is 0 Å². The molecule has 0 spiro atoms. The highest BCUT2D eigenvalue weighted by molar-refractivity contribution is 6.21. The van der Waals surface area contributed by atoms with Crippen molar-refractivity contribution in [1.29, 1.82) is 0 Å². The maximum Gasteiger partial charge on any atom is 0.143 e. The number of nitrogens with zero attached hydrogens (tertiary/aromatic N) is 1. The zero-order valence-electron chi connectivity index (χ0n) is 32.4. The van der Waals surface area contributed by atoms with E-state index in [0.29, 0.717) is 0 Å². The summed E-state index contributed by atoms with van der Waals surface area (Å²) in [5.41, 5.74) is 14.3. The summed E-state index contributed by atoms with van der Waals surface area (Å²) >= 11 is 0. The Morgan fingerprint density at radius 1 is 0.500 bits per heavy atom. The molecule has 1 aliphatic carbocycles. The second-order valence-corrected chi connectivity index (χ2v) is 17.8. The van der Waals surface area contributed by atoms with Crippen LogP contribution in [0.15, 0.2) is 136 Å². The Balaban J connectivity index is 1.37. The second kappa shape index (κ2) is 11.1. The summed E-state index contributed by atoms with van der Waals surface area (Å²) in [5, 5.41) is 6.75. The van der Waals surface area contributed by atoms with Crippen molar-refractivity contribution >= 4 is 71.7 Å². The standard InChI is InChI=1S/C51H45NO2/c1-49(2,3)31-28-36-45-40(22-15-25-43(45)54-48(36)38(29-31)50(4,5)6)52(41-23-13-19-34-33-18-11-12-20-37(33)51(7,8)46(34)41)39-21-14-24-42-44(39)35-27-26-30-16-9-10-17-32(30)47(35)53-42/h9-29H,1-8H3. The fourth-order valence-electron chi connectivity index (χ4n) is 9.20. The highest BCUT2D eigenvalue weighted by atomic mass is 16.3. The van der Waals surface area contributed by atoms with Crippen molar-refractivity contribution in [2.75, 3.05) is 4.90 Å². The number of hydrogen-bond donors (Lipinski definition) is 0. The first-order chi connectivity index (χ1) is 25.8. The van der Waals surface area contributed by atoms with Gasteiger partial charge in [-0.05, 0) is 86.5 Å². The Kier molecular flexibility index (Phi) is 6.76. The van der Waals surface area contributed by atoms with Gasteiger partial charge in [0.1, 0.15) is 22.3 Å². The summed E-state index contributed by atoms with van der Waals surface area (Å²) in [7, 11) is 0. The lowest BCUT2D eigenvalue weighted by atomic mass is 9.79. The quantitative estimate of drug-likeness (QED) is 0.183. The maximum absolute atomic E-state index is 6.97. The predicted octanol–water partition coefficient (Wildman–Crippen LogP) is 15.0. The normalized spacial score (nSPS) is 14.1. The summed E-state index contributed by atoms with van der Waals surface area (Å²) in [6, 6.07) is 46.5. The minimum absolute atomic E-state index is 0.0491. The van der Waals surface area contributed by atoms with Crippen LogP contribution in [0.3, 0.4) is 0 Å². The van der Waals surface area contributed by atoms with E-state index in [-0.39, 0.29) is 16.2 Å². The van der Waals surface area contributed by atoms with Crippen molar-refractivity contribution in [1.82, 2.24) is 0 Å². The number of anilines is 3.